The van der Waals surface area contributed by atoms with Gasteiger partial charge in [-0.2, -0.15) is 10.1 Å². The van der Waals surface area contributed by atoms with E-state index in [0.29, 0.717) is 43.3 Å². The number of hydrogen-bond acceptors (Lipinski definition) is 10. The highest BCUT2D eigenvalue weighted by Gasteiger charge is 2.56. The minimum absolute atomic E-state index is 0.0750. The number of rotatable bonds is 8. The van der Waals surface area contributed by atoms with Crippen LogP contribution in [-0.4, -0.2) is 74.3 Å². The molecule has 4 heterocycles. The van der Waals surface area contributed by atoms with Gasteiger partial charge in [0.1, 0.15) is 25.0 Å². The summed E-state index contributed by atoms with van der Waals surface area (Å²) in [4.78, 5) is 15.7. The van der Waals surface area contributed by atoms with Crippen LogP contribution >= 0.6 is 0 Å². The molecule has 4 aliphatic heterocycles. The zero-order valence-electron chi connectivity index (χ0n) is 24.2. The lowest BCUT2D eigenvalue weighted by Crippen LogP contribution is -2.68. The third-order valence-electron chi connectivity index (χ3n) is 9.20. The summed E-state index contributed by atoms with van der Waals surface area (Å²) >= 11 is 0. The van der Waals surface area contributed by atoms with Crippen LogP contribution in [0.15, 0.2) is 18.7 Å². The van der Waals surface area contributed by atoms with Crippen molar-refractivity contribution in [2.24, 2.45) is 0 Å². The Morgan fingerprint density at radius 2 is 1.93 bits per heavy atom. The molecule has 0 aliphatic carbocycles. The van der Waals surface area contributed by atoms with Gasteiger partial charge in [-0.05, 0) is 44.9 Å². The van der Waals surface area contributed by atoms with Gasteiger partial charge < -0.3 is 28.9 Å². The molecule has 2 unspecified atom stereocenters. The Labute approximate surface area is 240 Å². The van der Waals surface area contributed by atoms with Crippen LogP contribution in [0.25, 0.3) is 0 Å². The number of aryl methyl sites for hydroxylation is 1. The first-order valence-electron chi connectivity index (χ1n) is 13.9. The lowest BCUT2D eigenvalue weighted by Gasteiger charge is -2.59. The van der Waals surface area contributed by atoms with Crippen molar-refractivity contribution in [3.8, 4) is 29.1 Å². The average molecular weight is 564 g/mol. The third kappa shape index (κ3) is 4.02. The second kappa shape index (κ2) is 10.8. The molecule has 2 aromatic rings. The lowest BCUT2D eigenvalue weighted by atomic mass is 9.71. The van der Waals surface area contributed by atoms with Gasteiger partial charge in [-0.1, -0.05) is 18.7 Å². The molecule has 2 aromatic carbocycles. The van der Waals surface area contributed by atoms with Crippen LogP contribution in [0.4, 0.5) is 0 Å². The maximum Gasteiger partial charge on any atom is 0.188 e. The molecular formula is C31H37N3O7. The zero-order valence-corrected chi connectivity index (χ0v) is 24.2. The predicted molar refractivity (Wildman–Crippen MR) is 149 cm³/mol. The summed E-state index contributed by atoms with van der Waals surface area (Å²) in [5.74, 6) is 2.72. The molecule has 2 bridgehead atoms. The number of aliphatic hydroxyl groups is 1. The minimum atomic E-state index is -0.494. The lowest BCUT2D eigenvalue weighted by molar-refractivity contribution is -0.196. The summed E-state index contributed by atoms with van der Waals surface area (Å²) in [6.45, 7) is 8.38. The largest absolute Gasteiger partial charge is 0.493 e. The number of nitrogens with zero attached hydrogens (tertiary/aromatic N) is 3. The Hall–Kier alpha value is -3.33. The molecule has 10 nitrogen and oxygen atoms in total. The summed E-state index contributed by atoms with van der Waals surface area (Å²) in [6, 6.07) is 3.36. The van der Waals surface area contributed by atoms with Crippen LogP contribution in [0.5, 0.6) is 23.0 Å². The van der Waals surface area contributed by atoms with Crippen molar-refractivity contribution < 1.29 is 33.8 Å². The SMILES string of the molecule is C=CCOc1c(C)c2c(c3c1CC1[C@H]4c5c(cc(C)c(OC)c5OCOC)C[C@@H](C(C#N)N1[C@H]3CO)N4C)OOC2. The molecule has 4 aliphatic rings. The minimum Gasteiger partial charge on any atom is -0.493 e. The van der Waals surface area contributed by atoms with Crippen molar-refractivity contribution in [3.63, 3.8) is 0 Å². The third-order valence-corrected chi connectivity index (χ3v) is 9.20. The zero-order chi connectivity index (χ0) is 29.0. The molecule has 5 atom stereocenters. The van der Waals surface area contributed by atoms with Gasteiger partial charge in [-0.15, -0.1) is 0 Å². The fraction of sp³-hybridized carbons (Fsp3) is 0.516. The Morgan fingerprint density at radius 1 is 1.12 bits per heavy atom. The van der Waals surface area contributed by atoms with Crippen molar-refractivity contribution in [3.05, 3.63) is 57.7 Å². The smallest absolute Gasteiger partial charge is 0.188 e. The monoisotopic (exact) mass is 563 g/mol. The molecule has 1 fully saturated rings. The maximum atomic E-state index is 11.0. The Morgan fingerprint density at radius 3 is 2.61 bits per heavy atom. The van der Waals surface area contributed by atoms with Gasteiger partial charge in [0.05, 0.1) is 31.9 Å². The maximum absolute atomic E-state index is 11.0. The van der Waals surface area contributed by atoms with Crippen molar-refractivity contribution in [1.29, 1.82) is 5.26 Å². The van der Waals surface area contributed by atoms with Crippen LogP contribution in [0, 0.1) is 25.2 Å². The molecule has 6 rings (SSSR count). The Kier molecular flexibility index (Phi) is 7.34. The van der Waals surface area contributed by atoms with Crippen LogP contribution in [0.2, 0.25) is 0 Å². The molecule has 0 spiro atoms. The van der Waals surface area contributed by atoms with Crippen molar-refractivity contribution in [2.45, 2.75) is 63.5 Å². The fourth-order valence-electron chi connectivity index (χ4n) is 7.61. The van der Waals surface area contributed by atoms with E-state index in [-0.39, 0.29) is 31.5 Å². The van der Waals surface area contributed by atoms with E-state index >= 15 is 0 Å². The number of aliphatic hydroxyl groups excluding tert-OH is 1. The second-order valence-electron chi connectivity index (χ2n) is 11.2. The van der Waals surface area contributed by atoms with Crippen LogP contribution < -0.4 is 19.1 Å². The number of ether oxygens (including phenoxy) is 4. The highest BCUT2D eigenvalue weighted by Crippen LogP contribution is 2.57. The number of fused-ring (bicyclic) bond motifs is 9. The van der Waals surface area contributed by atoms with Gasteiger partial charge in [-0.25, -0.2) is 0 Å². The fourth-order valence-corrected chi connectivity index (χ4v) is 7.61. The quantitative estimate of drug-likeness (QED) is 0.292. The summed E-state index contributed by atoms with van der Waals surface area (Å²) in [5, 5.41) is 21.6. The van der Waals surface area contributed by atoms with Crippen LogP contribution in [0.1, 0.15) is 51.0 Å². The van der Waals surface area contributed by atoms with E-state index in [9.17, 15) is 10.4 Å². The predicted octanol–water partition coefficient (Wildman–Crippen LogP) is 3.45. The van der Waals surface area contributed by atoms with Gasteiger partial charge in [-0.3, -0.25) is 9.80 Å². The molecule has 10 heteroatoms. The van der Waals surface area contributed by atoms with Crippen molar-refractivity contribution >= 4 is 0 Å². The summed E-state index contributed by atoms with van der Waals surface area (Å²) in [7, 11) is 5.32. The second-order valence-corrected chi connectivity index (χ2v) is 11.2. The van der Waals surface area contributed by atoms with E-state index in [1.165, 1.54) is 0 Å². The Bertz CT molecular complexity index is 1420. The van der Waals surface area contributed by atoms with Gasteiger partial charge >= 0.3 is 0 Å². The molecule has 0 amide bonds. The molecule has 1 saturated heterocycles. The molecule has 41 heavy (non-hydrogen) atoms. The summed E-state index contributed by atoms with van der Waals surface area (Å²) in [5.41, 5.74) is 6.79. The molecule has 0 saturated carbocycles. The highest BCUT2D eigenvalue weighted by atomic mass is 17.2. The van der Waals surface area contributed by atoms with Crippen LogP contribution in [0.3, 0.4) is 0 Å². The molecule has 218 valence electrons. The van der Waals surface area contributed by atoms with Gasteiger partial charge in [0.25, 0.3) is 0 Å². The molecule has 0 radical (unpaired) electrons. The Balaban J connectivity index is 1.60. The van der Waals surface area contributed by atoms with E-state index in [2.05, 4.69) is 35.6 Å². The first-order valence-corrected chi connectivity index (χ1v) is 13.9. The van der Waals surface area contributed by atoms with E-state index in [1.807, 2.05) is 13.8 Å². The first-order chi connectivity index (χ1) is 19.9. The number of piperazine rings is 1. The number of nitriles is 1. The summed E-state index contributed by atoms with van der Waals surface area (Å²) < 4.78 is 23.7. The first kappa shape index (κ1) is 27.8. The van der Waals surface area contributed by atoms with E-state index in [4.69, 9.17) is 28.7 Å². The van der Waals surface area contributed by atoms with Gasteiger partial charge in [0.2, 0.25) is 0 Å². The molecule has 0 aromatic heterocycles. The topological polar surface area (TPSA) is 106 Å². The number of likely N-dealkylation sites (N-methyl/N-ethyl adjacent to an activating group) is 1. The van der Waals surface area contributed by atoms with Crippen LogP contribution in [-0.2, 0) is 29.1 Å². The summed E-state index contributed by atoms with van der Waals surface area (Å²) in [6.07, 6.45) is 2.94. The number of hydrogen-bond donors (Lipinski definition) is 1. The van der Waals surface area contributed by atoms with E-state index in [1.54, 1.807) is 20.3 Å². The van der Waals surface area contributed by atoms with Gasteiger partial charge in [0.15, 0.2) is 24.0 Å². The molecule has 1 N–H and O–H groups in total. The van der Waals surface area contributed by atoms with Crippen molar-refractivity contribution in [2.75, 3.05) is 41.3 Å². The normalized spacial score (nSPS) is 26.1. The van der Waals surface area contributed by atoms with Gasteiger partial charge in [0, 0.05) is 47.0 Å². The average Bonchev–Trinajstić information content (AvgIpc) is 3.46. The van der Waals surface area contributed by atoms with Crippen molar-refractivity contribution in [1.82, 2.24) is 9.80 Å². The number of benzene rings is 2. The van der Waals surface area contributed by atoms with E-state index in [0.717, 1.165) is 44.7 Å². The number of methoxy groups -OCH3 is 2. The molecular weight excluding hydrogens is 526 g/mol. The highest BCUT2D eigenvalue weighted by molar-refractivity contribution is 5.63. The standard InChI is InChI=1S/C31H37N3O7/c1-7-8-38-29-17(3)20-14-40-41-30(20)26-19(29)11-22-27-25-18(9-16(2)28(37-6)31(25)39-15-36-5)10-21(33(27)4)23(12-32)34(22)24(26)13-35/h7,9,21-24,27,35H,1,8,10-11,13-15H2,2-6H3/t21-,22?,23?,24-,27-/m0/s1. The van der Waals surface area contributed by atoms with E-state index < -0.39 is 12.1 Å².